The van der Waals surface area contributed by atoms with Crippen LogP contribution in [0.15, 0.2) is 12.1 Å². The van der Waals surface area contributed by atoms with E-state index in [1.807, 2.05) is 0 Å². The standard InChI is InChI=1S/C27H23BF12NO3/c1-4-7-41(8-5-2,9-6-3)24-19(36)18(35)22(39)27(23(24)40)44-28(42-25-14(31)10-12(29)16(33)20(25)37)43-26-15(32)11-13(30)17(34)21(26)38/h10-11H,4-9H2,1-3H3/q+1. The molecule has 3 aromatic rings. The van der Waals surface area contributed by atoms with E-state index in [1.165, 1.54) is 0 Å². The van der Waals surface area contributed by atoms with Gasteiger partial charge in [0.25, 0.3) is 0 Å². The van der Waals surface area contributed by atoms with E-state index in [0.29, 0.717) is 0 Å². The maximum atomic E-state index is 16.0. The molecule has 0 spiro atoms. The molecule has 0 saturated heterocycles. The highest BCUT2D eigenvalue weighted by Gasteiger charge is 2.44. The van der Waals surface area contributed by atoms with E-state index in [4.69, 9.17) is 4.65 Å². The maximum Gasteiger partial charge on any atom is 0.864 e. The Balaban J connectivity index is 2.28. The molecule has 0 aromatic heterocycles. The van der Waals surface area contributed by atoms with Gasteiger partial charge in [0.05, 0.1) is 19.6 Å². The summed E-state index contributed by atoms with van der Waals surface area (Å²) in [6, 6.07) is -0.543. The van der Waals surface area contributed by atoms with Gasteiger partial charge in [0.1, 0.15) is 0 Å². The molecule has 0 atom stereocenters. The molecule has 0 amide bonds. The highest BCUT2D eigenvalue weighted by Crippen LogP contribution is 2.41. The van der Waals surface area contributed by atoms with Crippen LogP contribution >= 0.6 is 0 Å². The second kappa shape index (κ2) is 13.9. The lowest BCUT2D eigenvalue weighted by Gasteiger charge is -2.38. The fraction of sp³-hybridized carbons (Fsp3) is 0.333. The van der Waals surface area contributed by atoms with Crippen molar-refractivity contribution in [2.75, 3.05) is 19.6 Å². The third-order valence-corrected chi connectivity index (χ3v) is 6.42. The Kier molecular flexibility index (Phi) is 11.0. The molecule has 0 fully saturated rings. The number of hydrogen-bond donors (Lipinski definition) is 0. The second-order valence-corrected chi connectivity index (χ2v) is 9.49. The van der Waals surface area contributed by atoms with Gasteiger partial charge in [-0.1, -0.05) is 20.8 Å². The number of nitrogens with zero attached hydrogens (tertiary/aromatic N) is 1. The first-order chi connectivity index (χ1) is 20.6. The summed E-state index contributed by atoms with van der Waals surface area (Å²) < 4.78 is 186. The first-order valence-electron chi connectivity index (χ1n) is 13.0. The molecule has 0 heterocycles. The van der Waals surface area contributed by atoms with Crippen LogP contribution in [-0.2, 0) is 0 Å². The van der Waals surface area contributed by atoms with E-state index in [0.717, 1.165) is 0 Å². The molecule has 0 saturated carbocycles. The summed E-state index contributed by atoms with van der Waals surface area (Å²) in [6.07, 6.45) is 0.852. The monoisotopic (exact) mass is 648 g/mol. The topological polar surface area (TPSA) is 27.7 Å². The molecule has 3 aromatic carbocycles. The van der Waals surface area contributed by atoms with Gasteiger partial charge >= 0.3 is 7.32 Å². The average molecular weight is 648 g/mol. The van der Waals surface area contributed by atoms with Crippen molar-refractivity contribution in [1.29, 1.82) is 0 Å². The molecule has 0 aliphatic rings. The summed E-state index contributed by atoms with van der Waals surface area (Å²) in [6.45, 7) is 4.89. The Hall–Kier alpha value is -3.76. The number of halogens is 12. The van der Waals surface area contributed by atoms with Crippen molar-refractivity contribution < 1.29 is 66.6 Å². The van der Waals surface area contributed by atoms with Crippen LogP contribution < -0.4 is 18.4 Å². The lowest BCUT2D eigenvalue weighted by atomic mass is 10.1. The zero-order valence-corrected chi connectivity index (χ0v) is 23.2. The summed E-state index contributed by atoms with van der Waals surface area (Å²) in [5, 5.41) is 0. The Morgan fingerprint density at radius 3 is 1.20 bits per heavy atom. The maximum absolute atomic E-state index is 16.0. The molecule has 240 valence electrons. The summed E-state index contributed by atoms with van der Waals surface area (Å²) in [5.74, 6) is -32.3. The van der Waals surface area contributed by atoms with Crippen molar-refractivity contribution in [3.05, 3.63) is 81.9 Å². The van der Waals surface area contributed by atoms with E-state index in [-0.39, 0.29) is 51.0 Å². The smallest absolute Gasteiger partial charge is 0.484 e. The number of rotatable bonds is 13. The van der Waals surface area contributed by atoms with Gasteiger partial charge in [-0.25, -0.2) is 30.7 Å². The Morgan fingerprint density at radius 1 is 0.455 bits per heavy atom. The highest BCUT2D eigenvalue weighted by molar-refractivity contribution is 6.39. The Labute approximate surface area is 243 Å². The van der Waals surface area contributed by atoms with Crippen LogP contribution in [-0.4, -0.2) is 27.0 Å². The lowest BCUT2D eigenvalue weighted by Crippen LogP contribution is -2.52. The predicted molar refractivity (Wildman–Crippen MR) is 134 cm³/mol. The average Bonchev–Trinajstić information content (AvgIpc) is 2.96. The normalized spacial score (nSPS) is 11.6. The van der Waals surface area contributed by atoms with E-state index in [9.17, 15) is 39.5 Å². The molecular weight excluding hydrogens is 625 g/mol. The Bertz CT molecular complexity index is 1460. The van der Waals surface area contributed by atoms with Crippen LogP contribution in [0, 0.1) is 69.8 Å². The predicted octanol–water partition coefficient (Wildman–Crippen LogP) is 8.41. The number of benzene rings is 3. The van der Waals surface area contributed by atoms with Crippen LogP contribution in [0.5, 0.6) is 17.2 Å². The summed E-state index contributed by atoms with van der Waals surface area (Å²) in [7, 11) is -3.27. The molecule has 0 N–H and O–H groups in total. The van der Waals surface area contributed by atoms with Crippen molar-refractivity contribution in [2.24, 2.45) is 0 Å². The molecule has 0 radical (unpaired) electrons. The van der Waals surface area contributed by atoms with E-state index in [1.54, 1.807) is 20.8 Å². The van der Waals surface area contributed by atoms with Gasteiger partial charge in [-0.2, -0.15) is 22.0 Å². The van der Waals surface area contributed by atoms with Crippen LogP contribution in [0.3, 0.4) is 0 Å². The van der Waals surface area contributed by atoms with Crippen molar-refractivity contribution in [1.82, 2.24) is 4.48 Å². The summed E-state index contributed by atoms with van der Waals surface area (Å²) >= 11 is 0. The number of quaternary nitrogens is 1. The first-order valence-corrected chi connectivity index (χ1v) is 13.0. The zero-order chi connectivity index (χ0) is 33.1. The Morgan fingerprint density at radius 2 is 0.818 bits per heavy atom. The molecule has 0 aliphatic heterocycles. The van der Waals surface area contributed by atoms with Crippen LogP contribution in [0.1, 0.15) is 40.0 Å². The van der Waals surface area contributed by atoms with E-state index >= 15 is 13.2 Å². The highest BCUT2D eigenvalue weighted by atomic mass is 19.2. The minimum atomic E-state index is -3.27. The second-order valence-electron chi connectivity index (χ2n) is 9.49. The fourth-order valence-corrected chi connectivity index (χ4v) is 4.75. The van der Waals surface area contributed by atoms with Crippen molar-refractivity contribution in [3.63, 3.8) is 0 Å². The van der Waals surface area contributed by atoms with Gasteiger partial charge in [0.2, 0.25) is 40.6 Å². The van der Waals surface area contributed by atoms with Crippen LogP contribution in [0.4, 0.5) is 58.4 Å². The molecule has 0 aliphatic carbocycles. The van der Waals surface area contributed by atoms with Gasteiger partial charge in [-0.3, -0.25) is 4.48 Å². The SMILES string of the molecule is CCC[N+](CCC)(CCC)c1c(F)c(F)c(F)c(OB(Oc2c(F)cc(F)c(F)c2F)Oc2c(F)cc(F)c(F)c2F)c1F. The fourth-order valence-electron chi connectivity index (χ4n) is 4.75. The van der Waals surface area contributed by atoms with E-state index in [2.05, 4.69) is 9.31 Å². The van der Waals surface area contributed by atoms with Crippen molar-refractivity contribution in [3.8, 4) is 17.2 Å². The van der Waals surface area contributed by atoms with Crippen molar-refractivity contribution >= 4 is 13.0 Å². The molecule has 0 bridgehead atoms. The van der Waals surface area contributed by atoms with Crippen LogP contribution in [0.25, 0.3) is 0 Å². The van der Waals surface area contributed by atoms with Crippen molar-refractivity contribution in [2.45, 2.75) is 40.0 Å². The van der Waals surface area contributed by atoms with E-state index < -0.39 is 105 Å². The van der Waals surface area contributed by atoms with Gasteiger partial charge in [-0.15, -0.1) is 0 Å². The minimum absolute atomic E-state index is 0.00693. The molecule has 0 unspecified atom stereocenters. The molecule has 4 nitrogen and oxygen atoms in total. The third kappa shape index (κ3) is 6.51. The van der Waals surface area contributed by atoms with Gasteiger partial charge in [0, 0.05) is 12.1 Å². The third-order valence-electron chi connectivity index (χ3n) is 6.42. The van der Waals surface area contributed by atoms with Crippen LogP contribution in [0.2, 0.25) is 0 Å². The zero-order valence-electron chi connectivity index (χ0n) is 23.2. The number of hydrogen-bond acceptors (Lipinski definition) is 3. The molecular formula is C27H23BF12NO3+. The van der Waals surface area contributed by atoms with Gasteiger partial charge in [-0.05, 0) is 19.3 Å². The molecule has 3 rings (SSSR count). The summed E-state index contributed by atoms with van der Waals surface area (Å²) in [5.41, 5.74) is -1.06. The minimum Gasteiger partial charge on any atom is -0.484 e. The van der Waals surface area contributed by atoms with Gasteiger partial charge < -0.3 is 14.0 Å². The first kappa shape index (κ1) is 34.7. The lowest BCUT2D eigenvalue weighted by molar-refractivity contribution is 0.237. The molecule has 44 heavy (non-hydrogen) atoms. The van der Waals surface area contributed by atoms with Gasteiger partial charge in [0.15, 0.2) is 52.2 Å². The largest absolute Gasteiger partial charge is 0.864 e. The molecule has 17 heteroatoms. The summed E-state index contributed by atoms with van der Waals surface area (Å²) in [4.78, 5) is 0. The quantitative estimate of drug-likeness (QED) is 0.0613.